The van der Waals surface area contributed by atoms with Crippen molar-refractivity contribution in [3.8, 4) is 0 Å². The Kier molecular flexibility index (Phi) is 3.45. The number of fused-ring (bicyclic) bond motifs is 1. The monoisotopic (exact) mass is 415 g/mol. The van der Waals surface area contributed by atoms with Crippen LogP contribution in [-0.4, -0.2) is 11.8 Å². The van der Waals surface area contributed by atoms with E-state index in [9.17, 15) is 9.59 Å². The predicted molar refractivity (Wildman–Crippen MR) is 125 cm³/mol. The van der Waals surface area contributed by atoms with E-state index >= 15 is 0 Å². The zero-order valence-electron chi connectivity index (χ0n) is 17.7. The Morgan fingerprint density at radius 3 is 1.97 bits per heavy atom. The first kappa shape index (κ1) is 17.9. The van der Waals surface area contributed by atoms with Crippen molar-refractivity contribution in [3.63, 3.8) is 0 Å². The smallest absolute Gasteiger partial charge is 0.238 e. The third kappa shape index (κ3) is 2.11. The van der Waals surface area contributed by atoms with Crippen LogP contribution in [-0.2, 0) is 9.59 Å². The van der Waals surface area contributed by atoms with Crippen molar-refractivity contribution in [2.75, 3.05) is 4.90 Å². The molecule has 0 radical (unpaired) electrons. The van der Waals surface area contributed by atoms with Crippen molar-refractivity contribution in [2.24, 2.45) is 11.8 Å². The summed E-state index contributed by atoms with van der Waals surface area (Å²) < 4.78 is 0. The van der Waals surface area contributed by atoms with Gasteiger partial charge in [0.25, 0.3) is 0 Å². The fraction of sp³-hybridized carbons (Fsp3) is 0.172. The number of benzene rings is 4. The van der Waals surface area contributed by atoms with Gasteiger partial charge in [0.15, 0.2) is 0 Å². The lowest BCUT2D eigenvalue weighted by atomic mass is 9.55. The highest BCUT2D eigenvalue weighted by molar-refractivity contribution is 6.26. The number of rotatable bonds is 1. The van der Waals surface area contributed by atoms with E-state index in [1.165, 1.54) is 32.7 Å². The molecule has 4 aromatic carbocycles. The third-order valence-corrected chi connectivity index (χ3v) is 7.70. The fourth-order valence-corrected chi connectivity index (χ4v) is 6.49. The second kappa shape index (κ2) is 6.17. The molecule has 0 N–H and O–H groups in total. The average Bonchev–Trinajstić information content (AvgIpc) is 3.09. The minimum absolute atomic E-state index is 0.0620. The third-order valence-electron chi connectivity index (χ3n) is 7.70. The number of hydrogen-bond donors (Lipinski definition) is 0. The summed E-state index contributed by atoms with van der Waals surface area (Å²) in [6.45, 7) is 2.09. The van der Waals surface area contributed by atoms with Crippen LogP contribution >= 0.6 is 0 Å². The molecule has 154 valence electrons. The van der Waals surface area contributed by atoms with Crippen LogP contribution in [0, 0.1) is 18.8 Å². The number of anilines is 1. The van der Waals surface area contributed by atoms with Gasteiger partial charge in [0.2, 0.25) is 11.8 Å². The summed E-state index contributed by atoms with van der Waals surface area (Å²) in [7, 11) is 0. The van der Waals surface area contributed by atoms with Gasteiger partial charge in [-0.2, -0.15) is 0 Å². The molecule has 32 heavy (non-hydrogen) atoms. The molecule has 1 aliphatic heterocycles. The van der Waals surface area contributed by atoms with Gasteiger partial charge in [0.05, 0.1) is 17.5 Å². The summed E-state index contributed by atoms with van der Waals surface area (Å²) in [4.78, 5) is 29.5. The van der Waals surface area contributed by atoms with Crippen LogP contribution in [0.4, 0.5) is 5.69 Å². The molecule has 1 saturated heterocycles. The molecule has 0 unspecified atom stereocenters. The Labute approximate surface area is 186 Å². The maximum absolute atomic E-state index is 14.0. The van der Waals surface area contributed by atoms with Crippen LogP contribution in [0.2, 0.25) is 0 Å². The number of carbonyl (C=O) groups is 2. The molecule has 0 aromatic heterocycles. The van der Waals surface area contributed by atoms with Crippen molar-refractivity contribution >= 4 is 28.3 Å². The first-order valence-electron chi connectivity index (χ1n) is 11.2. The van der Waals surface area contributed by atoms with Crippen molar-refractivity contribution in [2.45, 2.75) is 18.8 Å². The topological polar surface area (TPSA) is 37.4 Å². The van der Waals surface area contributed by atoms with E-state index in [-0.39, 0.29) is 35.5 Å². The normalized spacial score (nSPS) is 25.1. The van der Waals surface area contributed by atoms with Gasteiger partial charge >= 0.3 is 0 Å². The molecule has 0 saturated carbocycles. The van der Waals surface area contributed by atoms with E-state index in [1.54, 1.807) is 0 Å². The maximum atomic E-state index is 14.0. The summed E-state index contributed by atoms with van der Waals surface area (Å²) in [6, 6.07) is 28.7. The Hall–Kier alpha value is -3.72. The van der Waals surface area contributed by atoms with Crippen molar-refractivity contribution in [3.05, 3.63) is 113 Å². The summed E-state index contributed by atoms with van der Waals surface area (Å²) in [5, 5.41) is 1.97. The molecule has 1 fully saturated rings. The summed E-state index contributed by atoms with van der Waals surface area (Å²) in [5.41, 5.74) is 6.73. The minimum atomic E-state index is -0.351. The Balaban J connectivity index is 1.47. The number of aryl methyl sites for hydroxylation is 1. The van der Waals surface area contributed by atoms with E-state index in [0.29, 0.717) is 5.69 Å². The standard InChI is InChI=1S/C29H21NO2/c1-16-13-14-21-22(15-16)25-20-11-5-4-10-19(20)24(21)26-27(25)29(32)30(28(26)31)23-12-6-8-17-7-2-3-9-18(17)23/h2-15,24-27H,1H3/t24-,25-,26+,27-/m1/s1. The highest BCUT2D eigenvalue weighted by Crippen LogP contribution is 2.61. The molecule has 4 aromatic rings. The molecule has 3 nitrogen and oxygen atoms in total. The molecule has 2 bridgehead atoms. The molecular weight excluding hydrogens is 394 g/mol. The predicted octanol–water partition coefficient (Wildman–Crippen LogP) is 5.54. The van der Waals surface area contributed by atoms with Crippen LogP contribution in [0.25, 0.3) is 10.8 Å². The van der Waals surface area contributed by atoms with Crippen LogP contribution in [0.15, 0.2) is 84.9 Å². The van der Waals surface area contributed by atoms with Crippen LogP contribution in [0.1, 0.15) is 39.7 Å². The van der Waals surface area contributed by atoms with Gasteiger partial charge in [-0.15, -0.1) is 0 Å². The quantitative estimate of drug-likeness (QED) is 0.383. The SMILES string of the molecule is Cc1ccc2c(c1)[C@H]1c3ccccc3[C@H]2[C@@H]2C(=O)N(c3cccc4ccccc34)C(=O)[C@H]12. The van der Waals surface area contributed by atoms with Crippen LogP contribution in [0.3, 0.4) is 0 Å². The number of nitrogens with zero attached hydrogens (tertiary/aromatic N) is 1. The van der Waals surface area contributed by atoms with Crippen molar-refractivity contribution < 1.29 is 9.59 Å². The van der Waals surface area contributed by atoms with Crippen molar-refractivity contribution in [1.82, 2.24) is 0 Å². The summed E-state index contributed by atoms with van der Waals surface area (Å²) in [6.07, 6.45) is 0. The number of hydrogen-bond acceptors (Lipinski definition) is 2. The van der Waals surface area contributed by atoms with Crippen LogP contribution in [0.5, 0.6) is 0 Å². The molecule has 1 heterocycles. The second-order valence-electron chi connectivity index (χ2n) is 9.28. The Bertz CT molecular complexity index is 1460. The first-order valence-corrected chi connectivity index (χ1v) is 11.2. The highest BCUT2D eigenvalue weighted by atomic mass is 16.2. The van der Waals surface area contributed by atoms with E-state index in [0.717, 1.165) is 10.8 Å². The molecule has 3 aliphatic carbocycles. The van der Waals surface area contributed by atoms with Gasteiger partial charge in [-0.1, -0.05) is 84.4 Å². The molecule has 4 aliphatic rings. The van der Waals surface area contributed by atoms with Crippen LogP contribution < -0.4 is 4.90 Å². The van der Waals surface area contributed by atoms with E-state index < -0.39 is 0 Å². The fourth-order valence-electron chi connectivity index (χ4n) is 6.49. The van der Waals surface area contributed by atoms with Gasteiger partial charge in [-0.25, -0.2) is 4.90 Å². The zero-order chi connectivity index (χ0) is 21.6. The molecule has 3 heteroatoms. The van der Waals surface area contributed by atoms with Gasteiger partial charge in [-0.3, -0.25) is 9.59 Å². The van der Waals surface area contributed by atoms with Gasteiger partial charge in [0, 0.05) is 17.2 Å². The molecule has 0 spiro atoms. The Morgan fingerprint density at radius 1 is 0.625 bits per heavy atom. The number of imide groups is 1. The van der Waals surface area contributed by atoms with Gasteiger partial charge < -0.3 is 0 Å². The second-order valence-corrected chi connectivity index (χ2v) is 9.28. The molecule has 2 amide bonds. The maximum Gasteiger partial charge on any atom is 0.238 e. The van der Waals surface area contributed by atoms with E-state index in [2.05, 4.69) is 37.3 Å². The molecule has 4 atom stereocenters. The molecular formula is C29H21NO2. The molecule has 8 rings (SSSR count). The van der Waals surface area contributed by atoms with E-state index in [4.69, 9.17) is 0 Å². The number of amides is 2. The lowest BCUT2D eigenvalue weighted by Gasteiger charge is -2.46. The summed E-state index contributed by atoms with van der Waals surface area (Å²) in [5.74, 6) is -0.979. The summed E-state index contributed by atoms with van der Waals surface area (Å²) >= 11 is 0. The highest BCUT2D eigenvalue weighted by Gasteiger charge is 2.61. The lowest BCUT2D eigenvalue weighted by Crippen LogP contribution is -2.41. The number of carbonyl (C=O) groups excluding carboxylic acids is 2. The zero-order valence-corrected chi connectivity index (χ0v) is 17.7. The first-order chi connectivity index (χ1) is 15.6. The average molecular weight is 415 g/mol. The largest absolute Gasteiger partial charge is 0.274 e. The van der Waals surface area contributed by atoms with Gasteiger partial charge in [0.1, 0.15) is 0 Å². The minimum Gasteiger partial charge on any atom is -0.274 e. The van der Waals surface area contributed by atoms with Gasteiger partial charge in [-0.05, 0) is 40.6 Å². The van der Waals surface area contributed by atoms with Crippen molar-refractivity contribution in [1.29, 1.82) is 0 Å². The van der Waals surface area contributed by atoms with E-state index in [1.807, 2.05) is 54.6 Å². The Morgan fingerprint density at radius 2 is 1.22 bits per heavy atom. The lowest BCUT2D eigenvalue weighted by molar-refractivity contribution is -0.122.